The van der Waals surface area contributed by atoms with E-state index in [0.29, 0.717) is 30.6 Å². The van der Waals surface area contributed by atoms with Gasteiger partial charge in [-0.2, -0.15) is 0 Å². The van der Waals surface area contributed by atoms with Crippen LogP contribution >= 0.6 is 24.2 Å². The van der Waals surface area contributed by atoms with Crippen molar-refractivity contribution in [2.24, 2.45) is 3.77 Å². The number of amidine groups is 1. The molecule has 0 saturated carbocycles. The van der Waals surface area contributed by atoms with Crippen LogP contribution in [-0.4, -0.2) is 80.9 Å². The van der Waals surface area contributed by atoms with Gasteiger partial charge in [-0.3, -0.25) is 14.0 Å². The number of ether oxygens (including phenoxy) is 2. The van der Waals surface area contributed by atoms with Gasteiger partial charge in [-0.1, -0.05) is 29.9 Å². The van der Waals surface area contributed by atoms with E-state index < -0.39 is 10.0 Å². The van der Waals surface area contributed by atoms with Crippen LogP contribution in [0, 0.1) is 6.92 Å². The highest BCUT2D eigenvalue weighted by Crippen LogP contribution is 2.20. The SMILES string of the molecule is Cc1ccc(S(=O)(O)=NSC(=S)C(N2CCOCC2)=[N+]2CCOCC2)cc1. The van der Waals surface area contributed by atoms with E-state index in [4.69, 9.17) is 21.7 Å². The maximum Gasteiger partial charge on any atom is 0.299 e. The van der Waals surface area contributed by atoms with E-state index in [9.17, 15) is 8.76 Å². The van der Waals surface area contributed by atoms with Gasteiger partial charge in [0.1, 0.15) is 26.2 Å². The van der Waals surface area contributed by atoms with Gasteiger partial charge in [0.15, 0.2) is 4.20 Å². The lowest BCUT2D eigenvalue weighted by Gasteiger charge is -2.27. The Kier molecular flexibility index (Phi) is 7.23. The van der Waals surface area contributed by atoms with Crippen LogP contribution in [0.4, 0.5) is 0 Å². The summed E-state index contributed by atoms with van der Waals surface area (Å²) in [6, 6.07) is 6.84. The fraction of sp³-hybridized carbons (Fsp3) is 0.529. The number of aryl methyl sites for hydroxylation is 1. The second kappa shape index (κ2) is 9.44. The standard InChI is InChI=1S/C17H23N3O4S3/c1-14-2-4-15(5-3-14)27(21,22)18-26-17(25)16(19-6-10-23-11-7-19)20-8-12-24-13-9-20/h2-5H,6-13H2,1H3/p+1. The molecule has 2 aliphatic rings. The number of nitrogens with zero attached hydrogens (tertiary/aromatic N) is 3. The Morgan fingerprint density at radius 2 is 1.78 bits per heavy atom. The van der Waals surface area contributed by atoms with E-state index in [1.165, 1.54) is 0 Å². The lowest BCUT2D eigenvalue weighted by Crippen LogP contribution is -2.49. The molecule has 1 aromatic rings. The van der Waals surface area contributed by atoms with Crippen molar-refractivity contribution in [3.8, 4) is 0 Å². The van der Waals surface area contributed by atoms with E-state index >= 15 is 0 Å². The molecular formula is C17H24N3O4S3+. The first-order valence-corrected chi connectivity index (χ1v) is 11.4. The number of hydrogen-bond acceptors (Lipinski definition) is 6. The summed E-state index contributed by atoms with van der Waals surface area (Å²) >= 11 is 6.51. The zero-order chi connectivity index (χ0) is 19.3. The normalized spacial score (nSPS) is 20.1. The molecule has 2 heterocycles. The maximum absolute atomic E-state index is 12.6. The van der Waals surface area contributed by atoms with E-state index in [1.54, 1.807) is 24.3 Å². The summed E-state index contributed by atoms with van der Waals surface area (Å²) in [6.45, 7) is 7.42. The zero-order valence-corrected chi connectivity index (χ0v) is 17.7. The minimum atomic E-state index is -3.52. The summed E-state index contributed by atoms with van der Waals surface area (Å²) in [5.74, 6) is 0.879. The van der Waals surface area contributed by atoms with Gasteiger partial charge in [0.2, 0.25) is 10.0 Å². The molecule has 148 valence electrons. The van der Waals surface area contributed by atoms with Crippen molar-refractivity contribution >= 4 is 44.2 Å². The Bertz CT molecular complexity index is 818. The van der Waals surface area contributed by atoms with Gasteiger partial charge in [-0.05, 0) is 19.1 Å². The Morgan fingerprint density at radius 3 is 2.41 bits per heavy atom. The number of rotatable bonds is 2. The Hall–Kier alpha value is -1.04. The molecule has 0 aromatic heterocycles. The number of morpholine rings is 2. The Morgan fingerprint density at radius 1 is 1.19 bits per heavy atom. The van der Waals surface area contributed by atoms with Crippen molar-refractivity contribution in [2.75, 3.05) is 52.6 Å². The summed E-state index contributed by atoms with van der Waals surface area (Å²) in [5, 5.41) is 0. The van der Waals surface area contributed by atoms with Crippen molar-refractivity contribution in [1.82, 2.24) is 4.90 Å². The van der Waals surface area contributed by atoms with Gasteiger partial charge < -0.3 is 9.47 Å². The van der Waals surface area contributed by atoms with Crippen LogP contribution in [0.5, 0.6) is 0 Å². The predicted octanol–water partition coefficient (Wildman–Crippen LogP) is 2.04. The molecule has 1 aromatic carbocycles. The molecule has 2 fully saturated rings. The van der Waals surface area contributed by atoms with Crippen LogP contribution in [0.3, 0.4) is 0 Å². The first kappa shape index (κ1) is 20.7. The Labute approximate surface area is 169 Å². The smallest absolute Gasteiger partial charge is 0.299 e. The third kappa shape index (κ3) is 5.49. The minimum Gasteiger partial charge on any atom is -0.373 e. The third-order valence-corrected chi connectivity index (χ3v) is 7.10. The molecule has 0 bridgehead atoms. The molecule has 10 heteroatoms. The van der Waals surface area contributed by atoms with Crippen molar-refractivity contribution < 1.29 is 22.8 Å². The molecule has 1 atom stereocenters. The van der Waals surface area contributed by atoms with Crippen molar-refractivity contribution in [3.63, 3.8) is 0 Å². The van der Waals surface area contributed by atoms with Gasteiger partial charge in [0.25, 0.3) is 5.84 Å². The quantitative estimate of drug-likeness (QED) is 0.333. The average molecular weight is 431 g/mol. The number of benzene rings is 1. The summed E-state index contributed by atoms with van der Waals surface area (Å²) in [7, 11) is -3.52. The van der Waals surface area contributed by atoms with E-state index in [0.717, 1.165) is 49.5 Å². The first-order valence-electron chi connectivity index (χ1n) is 8.76. The molecule has 1 unspecified atom stereocenters. The largest absolute Gasteiger partial charge is 0.373 e. The number of thiocarbonyl (C=S) groups is 1. The van der Waals surface area contributed by atoms with Gasteiger partial charge in [-0.15, -0.1) is 3.77 Å². The zero-order valence-electron chi connectivity index (χ0n) is 15.2. The van der Waals surface area contributed by atoms with Crippen LogP contribution in [0.25, 0.3) is 0 Å². The highest BCUT2D eigenvalue weighted by atomic mass is 32.3. The van der Waals surface area contributed by atoms with Crippen molar-refractivity contribution in [1.29, 1.82) is 0 Å². The van der Waals surface area contributed by atoms with Crippen LogP contribution in [-0.2, 0) is 19.5 Å². The lowest BCUT2D eigenvalue weighted by atomic mass is 10.2. The second-order valence-corrected chi connectivity index (χ2v) is 9.60. The van der Waals surface area contributed by atoms with Gasteiger partial charge in [0, 0.05) is 11.9 Å². The summed E-state index contributed by atoms with van der Waals surface area (Å²) < 4.78 is 40.5. The van der Waals surface area contributed by atoms with Crippen LogP contribution in [0.15, 0.2) is 32.9 Å². The fourth-order valence-electron chi connectivity index (χ4n) is 2.89. The molecule has 7 nitrogen and oxygen atoms in total. The summed E-state index contributed by atoms with van der Waals surface area (Å²) in [6.07, 6.45) is 0. The molecule has 27 heavy (non-hydrogen) atoms. The summed E-state index contributed by atoms with van der Waals surface area (Å²) in [5.41, 5.74) is 1.02. The topological polar surface area (TPSA) is 74.4 Å². The average Bonchev–Trinajstić information content (AvgIpc) is 2.69. The summed E-state index contributed by atoms with van der Waals surface area (Å²) in [4.78, 5) is 2.45. The molecule has 2 saturated heterocycles. The van der Waals surface area contributed by atoms with E-state index in [1.807, 2.05) is 6.92 Å². The molecule has 3 rings (SSSR count). The minimum absolute atomic E-state index is 0.280. The number of hydrogen-bond donors (Lipinski definition) is 1. The van der Waals surface area contributed by atoms with Crippen molar-refractivity contribution in [3.05, 3.63) is 29.8 Å². The van der Waals surface area contributed by atoms with Crippen molar-refractivity contribution in [2.45, 2.75) is 11.8 Å². The van der Waals surface area contributed by atoms with Gasteiger partial charge in [0.05, 0.1) is 31.3 Å². The lowest BCUT2D eigenvalue weighted by molar-refractivity contribution is -0.552. The highest BCUT2D eigenvalue weighted by Gasteiger charge is 2.31. The predicted molar refractivity (Wildman–Crippen MR) is 111 cm³/mol. The molecule has 2 aliphatic heterocycles. The van der Waals surface area contributed by atoms with Crippen LogP contribution in [0.1, 0.15) is 5.56 Å². The van der Waals surface area contributed by atoms with Crippen LogP contribution < -0.4 is 0 Å². The third-order valence-electron chi connectivity index (χ3n) is 4.35. The molecule has 0 radical (unpaired) electrons. The van der Waals surface area contributed by atoms with Crippen LogP contribution in [0.2, 0.25) is 0 Å². The maximum atomic E-state index is 12.6. The van der Waals surface area contributed by atoms with E-state index in [2.05, 4.69) is 13.2 Å². The Balaban J connectivity index is 1.83. The molecule has 0 spiro atoms. The monoisotopic (exact) mass is 430 g/mol. The highest BCUT2D eigenvalue weighted by molar-refractivity contribution is 8.26. The van der Waals surface area contributed by atoms with Gasteiger partial charge in [-0.25, -0.2) is 4.21 Å². The molecular weight excluding hydrogens is 406 g/mol. The second-order valence-electron chi connectivity index (χ2n) is 6.29. The van der Waals surface area contributed by atoms with E-state index in [-0.39, 0.29) is 4.90 Å². The molecule has 1 N–H and O–H groups in total. The molecule has 0 amide bonds. The molecule has 0 aliphatic carbocycles. The van der Waals surface area contributed by atoms with Gasteiger partial charge >= 0.3 is 0 Å². The fourth-order valence-corrected chi connectivity index (χ4v) is 5.27. The first-order chi connectivity index (χ1) is 13.0.